The van der Waals surface area contributed by atoms with Gasteiger partial charge in [-0.25, -0.2) is 0 Å². The first kappa shape index (κ1) is 15.2. The number of benzene rings is 1. The van der Waals surface area contributed by atoms with Crippen LogP contribution < -0.4 is 14.8 Å². The van der Waals surface area contributed by atoms with Crippen molar-refractivity contribution in [2.75, 3.05) is 14.2 Å². The summed E-state index contributed by atoms with van der Waals surface area (Å²) >= 11 is 0.850. The van der Waals surface area contributed by atoms with Gasteiger partial charge >= 0.3 is 0 Å². The third-order valence-electron chi connectivity index (χ3n) is 3.21. The molecule has 0 unspecified atom stereocenters. The van der Waals surface area contributed by atoms with Crippen LogP contribution in [-0.4, -0.2) is 25.4 Å². The van der Waals surface area contributed by atoms with Crippen molar-refractivity contribution in [3.63, 3.8) is 0 Å². The van der Waals surface area contributed by atoms with Gasteiger partial charge in [-0.3, -0.25) is 14.9 Å². The Morgan fingerprint density at radius 2 is 1.87 bits per heavy atom. The van der Waals surface area contributed by atoms with Crippen molar-refractivity contribution < 1.29 is 23.5 Å². The summed E-state index contributed by atoms with van der Waals surface area (Å²) in [5.74, 6) is 1.92. The first-order chi connectivity index (χ1) is 11.1. The molecule has 23 heavy (non-hydrogen) atoms. The minimum Gasteiger partial charge on any atom is -0.493 e. The van der Waals surface area contributed by atoms with Gasteiger partial charge in [0.15, 0.2) is 11.5 Å². The lowest BCUT2D eigenvalue weighted by Gasteiger charge is -2.08. The van der Waals surface area contributed by atoms with E-state index in [0.29, 0.717) is 27.9 Å². The van der Waals surface area contributed by atoms with Crippen LogP contribution in [0, 0.1) is 0 Å². The van der Waals surface area contributed by atoms with Gasteiger partial charge in [0.05, 0.1) is 19.1 Å². The molecule has 1 fully saturated rings. The van der Waals surface area contributed by atoms with E-state index in [4.69, 9.17) is 13.9 Å². The summed E-state index contributed by atoms with van der Waals surface area (Å²) in [6.45, 7) is 0. The molecule has 1 aromatic carbocycles. The number of thioether (sulfide) groups is 1. The monoisotopic (exact) mass is 331 g/mol. The van der Waals surface area contributed by atoms with E-state index in [0.717, 1.165) is 17.3 Å². The predicted octanol–water partition coefficient (Wildman–Crippen LogP) is 3.29. The highest BCUT2D eigenvalue weighted by Crippen LogP contribution is 2.34. The van der Waals surface area contributed by atoms with Gasteiger partial charge in [0, 0.05) is 11.6 Å². The number of carbonyl (C=O) groups excluding carboxylic acids is 2. The standard InChI is InChI=1S/C16H13NO5S/c1-20-12-5-3-9(7-13(12)21-2)11-6-4-10(22-11)8-14-15(18)17-16(19)23-14/h3-8H,1-2H3,(H,17,18,19)/b14-8+. The fraction of sp³-hybridized carbons (Fsp3) is 0.125. The second-order valence-electron chi connectivity index (χ2n) is 4.62. The first-order valence-corrected chi connectivity index (χ1v) is 7.49. The zero-order chi connectivity index (χ0) is 16.4. The summed E-state index contributed by atoms with van der Waals surface area (Å²) in [6, 6.07) is 8.95. The lowest BCUT2D eigenvalue weighted by atomic mass is 10.1. The molecule has 0 bridgehead atoms. The zero-order valence-electron chi connectivity index (χ0n) is 12.4. The molecule has 3 rings (SSSR count). The smallest absolute Gasteiger partial charge is 0.290 e. The van der Waals surface area contributed by atoms with Crippen molar-refractivity contribution >= 4 is 29.0 Å². The van der Waals surface area contributed by atoms with Crippen LogP contribution in [0.1, 0.15) is 5.76 Å². The Morgan fingerprint density at radius 1 is 1.09 bits per heavy atom. The predicted molar refractivity (Wildman–Crippen MR) is 86.4 cm³/mol. The molecule has 2 heterocycles. The van der Waals surface area contributed by atoms with Crippen LogP contribution in [0.25, 0.3) is 17.4 Å². The summed E-state index contributed by atoms with van der Waals surface area (Å²) < 4.78 is 16.2. The molecule has 6 nitrogen and oxygen atoms in total. The van der Waals surface area contributed by atoms with Crippen LogP contribution in [0.4, 0.5) is 4.79 Å². The topological polar surface area (TPSA) is 77.8 Å². The lowest BCUT2D eigenvalue weighted by molar-refractivity contribution is -0.115. The van der Waals surface area contributed by atoms with E-state index in [1.54, 1.807) is 38.5 Å². The molecule has 1 N–H and O–H groups in total. The summed E-state index contributed by atoms with van der Waals surface area (Å²) in [5.41, 5.74) is 0.812. The van der Waals surface area contributed by atoms with Crippen LogP contribution >= 0.6 is 11.8 Å². The Morgan fingerprint density at radius 3 is 2.52 bits per heavy atom. The van der Waals surface area contributed by atoms with E-state index in [2.05, 4.69) is 5.32 Å². The quantitative estimate of drug-likeness (QED) is 0.866. The normalized spacial score (nSPS) is 15.8. The Labute approximate surface area is 136 Å². The van der Waals surface area contributed by atoms with E-state index in [1.165, 1.54) is 6.08 Å². The number of ether oxygens (including phenoxy) is 2. The fourth-order valence-electron chi connectivity index (χ4n) is 2.13. The number of amides is 2. The van der Waals surface area contributed by atoms with E-state index < -0.39 is 5.91 Å². The average Bonchev–Trinajstić information content (AvgIpc) is 3.13. The molecule has 118 valence electrons. The molecule has 2 amide bonds. The molecule has 0 spiro atoms. The molecule has 0 aliphatic carbocycles. The third kappa shape index (κ3) is 3.09. The summed E-state index contributed by atoms with van der Waals surface area (Å²) in [7, 11) is 3.13. The van der Waals surface area contributed by atoms with Crippen LogP contribution in [-0.2, 0) is 4.79 Å². The minimum atomic E-state index is -0.413. The number of rotatable bonds is 4. The van der Waals surface area contributed by atoms with Crippen molar-refractivity contribution in [1.29, 1.82) is 0 Å². The van der Waals surface area contributed by atoms with Crippen molar-refractivity contribution in [3.05, 3.63) is 41.0 Å². The van der Waals surface area contributed by atoms with Crippen molar-refractivity contribution in [2.45, 2.75) is 0 Å². The second kappa shape index (κ2) is 6.21. The first-order valence-electron chi connectivity index (χ1n) is 6.68. The fourth-order valence-corrected chi connectivity index (χ4v) is 2.79. The van der Waals surface area contributed by atoms with Gasteiger partial charge in [-0.05, 0) is 42.1 Å². The number of furan rings is 1. The van der Waals surface area contributed by atoms with Gasteiger partial charge in [0.25, 0.3) is 11.1 Å². The van der Waals surface area contributed by atoms with Gasteiger partial charge in [-0.2, -0.15) is 0 Å². The van der Waals surface area contributed by atoms with Crippen LogP contribution in [0.2, 0.25) is 0 Å². The number of hydrogen-bond donors (Lipinski definition) is 1. The minimum absolute atomic E-state index is 0.309. The zero-order valence-corrected chi connectivity index (χ0v) is 13.2. The molecule has 1 aromatic heterocycles. The summed E-state index contributed by atoms with van der Waals surface area (Å²) in [4.78, 5) is 23.0. The van der Waals surface area contributed by atoms with E-state index in [1.807, 2.05) is 6.07 Å². The number of imide groups is 1. The van der Waals surface area contributed by atoms with Crippen LogP contribution in [0.3, 0.4) is 0 Å². The summed E-state index contributed by atoms with van der Waals surface area (Å²) in [6.07, 6.45) is 1.54. The highest BCUT2D eigenvalue weighted by molar-refractivity contribution is 8.18. The molecule has 1 aliphatic rings. The van der Waals surface area contributed by atoms with Gasteiger partial charge < -0.3 is 13.9 Å². The Bertz CT molecular complexity index is 809. The second-order valence-corrected chi connectivity index (χ2v) is 5.64. The maximum absolute atomic E-state index is 11.5. The molecule has 1 aliphatic heterocycles. The largest absolute Gasteiger partial charge is 0.493 e. The summed E-state index contributed by atoms with van der Waals surface area (Å²) in [5, 5.41) is 1.82. The molecule has 2 aromatic rings. The van der Waals surface area contributed by atoms with Crippen molar-refractivity contribution in [2.24, 2.45) is 0 Å². The Balaban J connectivity index is 1.89. The molecular formula is C16H13NO5S. The molecule has 0 saturated carbocycles. The van der Waals surface area contributed by atoms with Crippen LogP contribution in [0.15, 0.2) is 39.7 Å². The molecule has 0 radical (unpaired) electrons. The van der Waals surface area contributed by atoms with E-state index in [9.17, 15) is 9.59 Å². The number of methoxy groups -OCH3 is 2. The van der Waals surface area contributed by atoms with Crippen molar-refractivity contribution in [1.82, 2.24) is 5.32 Å². The molecule has 7 heteroatoms. The molecule has 0 atom stereocenters. The van der Waals surface area contributed by atoms with E-state index >= 15 is 0 Å². The van der Waals surface area contributed by atoms with Gasteiger partial charge in [-0.1, -0.05) is 0 Å². The van der Waals surface area contributed by atoms with E-state index in [-0.39, 0.29) is 5.24 Å². The Kier molecular flexibility index (Phi) is 4.12. The third-order valence-corrected chi connectivity index (χ3v) is 4.02. The number of nitrogens with one attached hydrogen (secondary N) is 1. The van der Waals surface area contributed by atoms with Crippen molar-refractivity contribution in [3.8, 4) is 22.8 Å². The highest BCUT2D eigenvalue weighted by atomic mass is 32.2. The highest BCUT2D eigenvalue weighted by Gasteiger charge is 2.25. The maximum Gasteiger partial charge on any atom is 0.290 e. The van der Waals surface area contributed by atoms with Crippen LogP contribution in [0.5, 0.6) is 11.5 Å². The molecular weight excluding hydrogens is 318 g/mol. The van der Waals surface area contributed by atoms with Gasteiger partial charge in [0.2, 0.25) is 0 Å². The lowest BCUT2D eigenvalue weighted by Crippen LogP contribution is -2.17. The Hall–Kier alpha value is -2.67. The number of hydrogen-bond acceptors (Lipinski definition) is 6. The number of carbonyl (C=O) groups is 2. The molecule has 1 saturated heterocycles. The SMILES string of the molecule is COc1ccc(-c2ccc(/C=C3/SC(=O)NC3=O)o2)cc1OC. The van der Waals surface area contributed by atoms with Gasteiger partial charge in [0.1, 0.15) is 11.5 Å². The average molecular weight is 331 g/mol. The van der Waals surface area contributed by atoms with Gasteiger partial charge in [-0.15, -0.1) is 0 Å². The maximum atomic E-state index is 11.5.